The monoisotopic (exact) mass is 374 g/mol. The van der Waals surface area contributed by atoms with Crippen LogP contribution in [0.3, 0.4) is 0 Å². The normalized spacial score (nSPS) is 19.7. The molecule has 3 heterocycles. The molecule has 1 aliphatic heterocycles. The van der Waals surface area contributed by atoms with E-state index in [1.165, 1.54) is 0 Å². The summed E-state index contributed by atoms with van der Waals surface area (Å²) in [5.74, 6) is 0.780. The van der Waals surface area contributed by atoms with E-state index in [9.17, 15) is 4.79 Å². The average molecular weight is 374 g/mol. The van der Waals surface area contributed by atoms with E-state index in [4.69, 9.17) is 9.15 Å². The highest BCUT2D eigenvalue weighted by Gasteiger charge is 2.36. The van der Waals surface area contributed by atoms with Crippen LogP contribution in [0.5, 0.6) is 0 Å². The number of benzene rings is 1. The molecular weight excluding hydrogens is 352 g/mol. The molecule has 1 aromatic carbocycles. The summed E-state index contributed by atoms with van der Waals surface area (Å²) in [6, 6.07) is 11.8. The van der Waals surface area contributed by atoms with E-state index >= 15 is 0 Å². The number of rotatable bonds is 4. The largest absolute Gasteiger partial charge is 0.464 e. The highest BCUT2D eigenvalue weighted by molar-refractivity contribution is 6.06. The van der Waals surface area contributed by atoms with Gasteiger partial charge in [0.15, 0.2) is 5.78 Å². The minimum absolute atomic E-state index is 0.190. The van der Waals surface area contributed by atoms with Crippen molar-refractivity contribution in [1.82, 2.24) is 9.88 Å². The summed E-state index contributed by atoms with van der Waals surface area (Å²) in [5.41, 5.74) is 5.05. The van der Waals surface area contributed by atoms with E-state index in [2.05, 4.69) is 16.0 Å². The van der Waals surface area contributed by atoms with Gasteiger partial charge in [-0.05, 0) is 24.1 Å². The second kappa shape index (κ2) is 7.34. The average Bonchev–Trinajstić information content (AvgIpc) is 3.30. The van der Waals surface area contributed by atoms with Crippen LogP contribution >= 0.6 is 0 Å². The van der Waals surface area contributed by atoms with Crippen LogP contribution in [0.15, 0.2) is 59.5 Å². The van der Waals surface area contributed by atoms with Crippen LogP contribution in [-0.4, -0.2) is 42.0 Å². The van der Waals surface area contributed by atoms with Gasteiger partial charge in [-0.25, -0.2) is 0 Å². The number of ketones is 1. The maximum absolute atomic E-state index is 13.2. The molecule has 1 fully saturated rings. The molecule has 1 unspecified atom stereocenters. The first-order valence-corrected chi connectivity index (χ1v) is 9.74. The van der Waals surface area contributed by atoms with Crippen molar-refractivity contribution >= 4 is 5.78 Å². The van der Waals surface area contributed by atoms with Crippen LogP contribution in [-0.2, 0) is 17.7 Å². The highest BCUT2D eigenvalue weighted by atomic mass is 16.5. The van der Waals surface area contributed by atoms with Crippen molar-refractivity contribution < 1.29 is 13.9 Å². The number of pyridine rings is 1. The molecule has 0 spiro atoms. The fourth-order valence-electron chi connectivity index (χ4n) is 4.31. The lowest BCUT2D eigenvalue weighted by Gasteiger charge is -2.26. The Bertz CT molecular complexity index is 990. The van der Waals surface area contributed by atoms with Crippen LogP contribution in [0.1, 0.15) is 33.0 Å². The molecule has 142 valence electrons. The molecule has 3 aromatic rings. The molecule has 5 heteroatoms. The van der Waals surface area contributed by atoms with Crippen molar-refractivity contribution in [2.24, 2.45) is 0 Å². The van der Waals surface area contributed by atoms with Gasteiger partial charge in [0.2, 0.25) is 0 Å². The Morgan fingerprint density at radius 3 is 2.64 bits per heavy atom. The summed E-state index contributed by atoms with van der Waals surface area (Å²) in [7, 11) is 0. The number of aromatic nitrogens is 1. The number of ether oxygens (including phenoxy) is 1. The van der Waals surface area contributed by atoms with E-state index in [0.29, 0.717) is 0 Å². The molecule has 5 rings (SSSR count). The van der Waals surface area contributed by atoms with Crippen molar-refractivity contribution in [1.29, 1.82) is 0 Å². The van der Waals surface area contributed by atoms with Gasteiger partial charge in [-0.1, -0.05) is 24.3 Å². The molecule has 0 amide bonds. The van der Waals surface area contributed by atoms with Crippen LogP contribution in [0.25, 0.3) is 11.3 Å². The van der Waals surface area contributed by atoms with E-state index in [1.807, 2.05) is 36.6 Å². The molecular formula is C23H22N2O3. The van der Waals surface area contributed by atoms with Gasteiger partial charge in [0.05, 0.1) is 25.4 Å². The molecule has 0 radical (unpaired) electrons. The summed E-state index contributed by atoms with van der Waals surface area (Å²) < 4.78 is 11.5. The fraction of sp³-hybridized carbons (Fsp3) is 0.304. The quantitative estimate of drug-likeness (QED) is 0.697. The molecule has 2 aromatic heterocycles. The van der Waals surface area contributed by atoms with E-state index in [0.717, 1.165) is 72.8 Å². The summed E-state index contributed by atoms with van der Waals surface area (Å²) in [6.07, 6.45) is 6.07. The third-order valence-corrected chi connectivity index (χ3v) is 5.72. The molecule has 28 heavy (non-hydrogen) atoms. The number of hydrogen-bond acceptors (Lipinski definition) is 5. The van der Waals surface area contributed by atoms with Crippen LogP contribution in [0.2, 0.25) is 0 Å². The first-order valence-electron chi connectivity index (χ1n) is 9.74. The van der Waals surface area contributed by atoms with Crippen molar-refractivity contribution in [2.75, 3.05) is 26.3 Å². The second-order valence-corrected chi connectivity index (χ2v) is 7.41. The zero-order valence-electron chi connectivity index (χ0n) is 15.6. The van der Waals surface area contributed by atoms with Crippen molar-refractivity contribution in [2.45, 2.75) is 18.9 Å². The maximum atomic E-state index is 13.2. The number of furan rings is 1. The Labute approximate surface area is 164 Å². The number of carbonyl (C=O) groups is 1. The Morgan fingerprint density at radius 2 is 1.86 bits per heavy atom. The van der Waals surface area contributed by atoms with Crippen molar-refractivity contribution in [3.63, 3.8) is 0 Å². The van der Waals surface area contributed by atoms with E-state index < -0.39 is 0 Å². The standard InChI is InChI=1S/C23H22N2O3/c26-22-19-4-2-1-3-17(19)13-20(22)21-18(14-25-9-11-27-12-10-25)15-28-23(21)16-5-7-24-8-6-16/h1-8,15,20H,9-14H2. The first-order chi connectivity index (χ1) is 13.8. The maximum Gasteiger partial charge on any atom is 0.171 e. The number of Topliss-reactive ketones (excluding diaryl/α,β-unsaturated/α-hetero) is 1. The molecule has 1 saturated heterocycles. The zero-order valence-corrected chi connectivity index (χ0v) is 15.6. The third-order valence-electron chi connectivity index (χ3n) is 5.72. The van der Waals surface area contributed by atoms with Gasteiger partial charge >= 0.3 is 0 Å². The fourth-order valence-corrected chi connectivity index (χ4v) is 4.31. The summed E-state index contributed by atoms with van der Waals surface area (Å²) >= 11 is 0. The van der Waals surface area contributed by atoms with Gasteiger partial charge in [0, 0.05) is 54.3 Å². The Balaban J connectivity index is 1.56. The summed E-state index contributed by atoms with van der Waals surface area (Å²) in [6.45, 7) is 4.06. The summed E-state index contributed by atoms with van der Waals surface area (Å²) in [4.78, 5) is 19.7. The van der Waals surface area contributed by atoms with Gasteiger partial charge in [-0.2, -0.15) is 0 Å². The Hall–Kier alpha value is -2.76. The molecule has 0 saturated carbocycles. The molecule has 2 aliphatic rings. The van der Waals surface area contributed by atoms with E-state index in [1.54, 1.807) is 12.4 Å². The first kappa shape index (κ1) is 17.3. The van der Waals surface area contributed by atoms with Gasteiger partial charge in [-0.15, -0.1) is 0 Å². The van der Waals surface area contributed by atoms with Gasteiger partial charge in [0.25, 0.3) is 0 Å². The van der Waals surface area contributed by atoms with Gasteiger partial charge < -0.3 is 9.15 Å². The minimum atomic E-state index is -0.199. The van der Waals surface area contributed by atoms with Crippen LogP contribution in [0.4, 0.5) is 0 Å². The molecule has 0 bridgehead atoms. The Morgan fingerprint density at radius 1 is 1.07 bits per heavy atom. The lowest BCUT2D eigenvalue weighted by Crippen LogP contribution is -2.35. The second-order valence-electron chi connectivity index (χ2n) is 7.41. The molecule has 5 nitrogen and oxygen atoms in total. The zero-order chi connectivity index (χ0) is 18.9. The predicted octanol–water partition coefficient (Wildman–Crippen LogP) is 3.70. The Kier molecular flexibility index (Phi) is 4.55. The predicted molar refractivity (Wildman–Crippen MR) is 105 cm³/mol. The molecule has 1 aliphatic carbocycles. The lowest BCUT2D eigenvalue weighted by atomic mass is 9.90. The number of nitrogens with zero attached hydrogens (tertiary/aromatic N) is 2. The van der Waals surface area contributed by atoms with Crippen molar-refractivity contribution in [3.8, 4) is 11.3 Å². The van der Waals surface area contributed by atoms with Crippen LogP contribution in [0, 0.1) is 0 Å². The topological polar surface area (TPSA) is 55.6 Å². The van der Waals surface area contributed by atoms with Gasteiger partial charge in [-0.3, -0.25) is 14.7 Å². The minimum Gasteiger partial charge on any atom is -0.464 e. The highest BCUT2D eigenvalue weighted by Crippen LogP contribution is 2.41. The summed E-state index contributed by atoms with van der Waals surface area (Å²) in [5, 5.41) is 0. The van der Waals surface area contributed by atoms with Crippen molar-refractivity contribution in [3.05, 3.63) is 77.3 Å². The SMILES string of the molecule is O=C1c2ccccc2CC1c1c(CN2CCOCC2)coc1-c1ccncc1. The van der Waals surface area contributed by atoms with Gasteiger partial charge in [0.1, 0.15) is 5.76 Å². The number of fused-ring (bicyclic) bond motifs is 1. The van der Waals surface area contributed by atoms with Crippen LogP contribution < -0.4 is 0 Å². The van der Waals surface area contributed by atoms with E-state index in [-0.39, 0.29) is 11.7 Å². The lowest BCUT2D eigenvalue weighted by molar-refractivity contribution is 0.0339. The molecule has 1 atom stereocenters. The number of morpholine rings is 1. The number of carbonyl (C=O) groups excluding carboxylic acids is 1. The third kappa shape index (κ3) is 3.07. The smallest absolute Gasteiger partial charge is 0.171 e. The number of hydrogen-bond donors (Lipinski definition) is 0. The molecule has 0 N–H and O–H groups in total.